The molecule has 0 aromatic carbocycles. The van der Waals surface area contributed by atoms with E-state index >= 15 is 0 Å². The van der Waals surface area contributed by atoms with Crippen LogP contribution in [0, 0.1) is 0 Å². The van der Waals surface area contributed by atoms with Gasteiger partial charge < -0.3 is 5.32 Å². The monoisotopic (exact) mass is 236 g/mol. The molecule has 2 rings (SSSR count). The van der Waals surface area contributed by atoms with E-state index in [1.165, 1.54) is 57.2 Å². The van der Waals surface area contributed by atoms with E-state index in [1.807, 2.05) is 0 Å². The Bertz CT molecular complexity index is 267. The Kier molecular flexibility index (Phi) is 4.26. The lowest BCUT2D eigenvalue weighted by molar-refractivity contribution is 0.0967. The molecule has 2 fully saturated rings. The molecule has 0 bridgehead atoms. The van der Waals surface area contributed by atoms with Crippen molar-refractivity contribution >= 4 is 0 Å². The number of likely N-dealkylation sites (N-methyl/N-ethyl adjacent to an activating group) is 1. The van der Waals surface area contributed by atoms with Crippen LogP contribution in [-0.4, -0.2) is 36.6 Å². The smallest absolute Gasteiger partial charge is 0.0436 e. The van der Waals surface area contributed by atoms with Crippen LogP contribution in [-0.2, 0) is 0 Å². The highest BCUT2D eigenvalue weighted by molar-refractivity contribution is 5.14. The van der Waals surface area contributed by atoms with Gasteiger partial charge in [0.2, 0.25) is 0 Å². The summed E-state index contributed by atoms with van der Waals surface area (Å²) >= 11 is 0. The molecule has 17 heavy (non-hydrogen) atoms. The quantitative estimate of drug-likeness (QED) is 0.755. The molecule has 0 aromatic rings. The highest BCUT2D eigenvalue weighted by Gasteiger charge is 2.45. The van der Waals surface area contributed by atoms with Gasteiger partial charge in [-0.25, -0.2) is 0 Å². The van der Waals surface area contributed by atoms with Crippen molar-refractivity contribution in [2.75, 3.05) is 20.1 Å². The topological polar surface area (TPSA) is 15.3 Å². The fourth-order valence-corrected chi connectivity index (χ4v) is 3.81. The minimum atomic E-state index is 0.419. The highest BCUT2D eigenvalue weighted by Crippen LogP contribution is 2.40. The molecular formula is C15H28N2. The maximum Gasteiger partial charge on any atom is 0.0436 e. The number of hydrogen-bond donors (Lipinski definition) is 1. The normalized spacial score (nSPS) is 26.1. The van der Waals surface area contributed by atoms with Gasteiger partial charge in [-0.15, -0.1) is 0 Å². The molecule has 1 aliphatic carbocycles. The highest BCUT2D eigenvalue weighted by atomic mass is 15.2. The van der Waals surface area contributed by atoms with Crippen molar-refractivity contribution in [2.24, 2.45) is 0 Å². The predicted molar refractivity (Wildman–Crippen MR) is 74.3 cm³/mol. The zero-order valence-corrected chi connectivity index (χ0v) is 11.8. The lowest BCUT2D eigenvalue weighted by atomic mass is 9.85. The van der Waals surface area contributed by atoms with E-state index in [-0.39, 0.29) is 0 Å². The Labute approximate surface area is 106 Å². The minimum Gasteiger partial charge on any atom is -0.312 e. The first-order valence-electron chi connectivity index (χ1n) is 7.26. The Hall–Kier alpha value is -0.340. The van der Waals surface area contributed by atoms with Crippen LogP contribution < -0.4 is 5.32 Å². The molecule has 2 nitrogen and oxygen atoms in total. The fourth-order valence-electron chi connectivity index (χ4n) is 3.81. The molecule has 1 atom stereocenters. The third-order valence-electron chi connectivity index (χ3n) is 4.60. The van der Waals surface area contributed by atoms with Gasteiger partial charge in [-0.05, 0) is 59.7 Å². The van der Waals surface area contributed by atoms with Crippen LogP contribution in [0.5, 0.6) is 0 Å². The largest absolute Gasteiger partial charge is 0.312 e. The molecule has 1 heterocycles. The summed E-state index contributed by atoms with van der Waals surface area (Å²) in [6.45, 7) is 7.07. The van der Waals surface area contributed by atoms with Crippen LogP contribution in [0.3, 0.4) is 0 Å². The molecule has 2 aliphatic rings. The zero-order chi connectivity index (χ0) is 12.3. The van der Waals surface area contributed by atoms with Crippen molar-refractivity contribution in [2.45, 2.75) is 64.0 Å². The number of allylic oxidation sites excluding steroid dienone is 1. The van der Waals surface area contributed by atoms with E-state index in [0.29, 0.717) is 11.6 Å². The second-order valence-corrected chi connectivity index (χ2v) is 6.02. The van der Waals surface area contributed by atoms with Crippen molar-refractivity contribution in [1.82, 2.24) is 10.2 Å². The summed E-state index contributed by atoms with van der Waals surface area (Å²) in [5, 5.41) is 3.58. The molecule has 98 valence electrons. The fraction of sp³-hybridized carbons (Fsp3) is 0.867. The van der Waals surface area contributed by atoms with Crippen molar-refractivity contribution in [3.63, 3.8) is 0 Å². The summed E-state index contributed by atoms with van der Waals surface area (Å²) in [6, 6.07) is 0.535. The van der Waals surface area contributed by atoms with Crippen LogP contribution in [0.25, 0.3) is 0 Å². The molecule has 0 amide bonds. The molecule has 1 saturated carbocycles. The van der Waals surface area contributed by atoms with Gasteiger partial charge in [0.05, 0.1) is 0 Å². The summed E-state index contributed by atoms with van der Waals surface area (Å²) in [5.74, 6) is 0. The van der Waals surface area contributed by atoms with Gasteiger partial charge in [0.1, 0.15) is 0 Å². The molecule has 1 N–H and O–H groups in total. The molecule has 0 aromatic heterocycles. The van der Waals surface area contributed by atoms with E-state index in [9.17, 15) is 0 Å². The second-order valence-electron chi connectivity index (χ2n) is 6.02. The summed E-state index contributed by atoms with van der Waals surface area (Å²) in [7, 11) is 2.13. The van der Waals surface area contributed by atoms with Crippen LogP contribution in [0.4, 0.5) is 0 Å². The molecular weight excluding hydrogens is 208 g/mol. The number of rotatable bonds is 4. The summed E-state index contributed by atoms with van der Waals surface area (Å²) in [4.78, 5) is 2.78. The van der Waals surface area contributed by atoms with E-state index in [4.69, 9.17) is 0 Å². The Balaban J connectivity index is 2.22. The number of hydrogen-bond acceptors (Lipinski definition) is 2. The van der Waals surface area contributed by atoms with Crippen LogP contribution >= 0.6 is 0 Å². The maximum absolute atomic E-state index is 3.58. The van der Waals surface area contributed by atoms with Gasteiger partial charge in [-0.1, -0.05) is 24.5 Å². The van der Waals surface area contributed by atoms with E-state index < -0.39 is 0 Å². The first-order chi connectivity index (χ1) is 8.19. The number of nitrogens with one attached hydrogen (secondary N) is 1. The molecule has 1 saturated heterocycles. The number of nitrogens with zero attached hydrogens (tertiary/aromatic N) is 1. The maximum atomic E-state index is 3.58. The molecule has 2 heteroatoms. The summed E-state index contributed by atoms with van der Waals surface area (Å²) in [6.07, 6.45) is 10.8. The molecule has 1 aliphatic heterocycles. The van der Waals surface area contributed by atoms with E-state index in [1.54, 1.807) is 0 Å². The van der Waals surface area contributed by atoms with Gasteiger partial charge in [0.25, 0.3) is 0 Å². The first-order valence-corrected chi connectivity index (χ1v) is 7.26. The summed E-state index contributed by atoms with van der Waals surface area (Å²) in [5.41, 5.74) is 1.86. The van der Waals surface area contributed by atoms with Crippen molar-refractivity contribution < 1.29 is 0 Å². The van der Waals surface area contributed by atoms with Crippen LogP contribution in [0.1, 0.15) is 52.4 Å². The van der Waals surface area contributed by atoms with Gasteiger partial charge in [0, 0.05) is 11.6 Å². The Morgan fingerprint density at radius 3 is 2.18 bits per heavy atom. The average Bonchev–Trinajstić information content (AvgIpc) is 2.95. The van der Waals surface area contributed by atoms with Gasteiger partial charge in [0.15, 0.2) is 0 Å². The van der Waals surface area contributed by atoms with Gasteiger partial charge in [-0.3, -0.25) is 4.90 Å². The van der Waals surface area contributed by atoms with Crippen molar-refractivity contribution in [3.05, 3.63) is 11.6 Å². The SMILES string of the molecule is CNC(C=C(C)C)C1(N2CCCC2)CCCC1. The number of likely N-dealkylation sites (tertiary alicyclic amines) is 1. The molecule has 1 unspecified atom stereocenters. The minimum absolute atomic E-state index is 0.419. The third-order valence-corrected chi connectivity index (χ3v) is 4.60. The Morgan fingerprint density at radius 2 is 1.71 bits per heavy atom. The molecule has 0 spiro atoms. The van der Waals surface area contributed by atoms with Crippen LogP contribution in [0.2, 0.25) is 0 Å². The second kappa shape index (κ2) is 5.53. The lowest BCUT2D eigenvalue weighted by Crippen LogP contribution is -2.57. The zero-order valence-electron chi connectivity index (χ0n) is 11.8. The molecule has 0 radical (unpaired) electrons. The average molecular weight is 236 g/mol. The standard InChI is InChI=1S/C15H28N2/c1-13(2)12-14(16-3)15(8-4-5-9-15)17-10-6-7-11-17/h12,14,16H,4-11H2,1-3H3. The van der Waals surface area contributed by atoms with E-state index in [2.05, 4.69) is 37.2 Å². The van der Waals surface area contributed by atoms with Crippen molar-refractivity contribution in [3.8, 4) is 0 Å². The van der Waals surface area contributed by atoms with Crippen molar-refractivity contribution in [1.29, 1.82) is 0 Å². The Morgan fingerprint density at radius 1 is 1.12 bits per heavy atom. The predicted octanol–water partition coefficient (Wildman–Crippen LogP) is 2.95. The third kappa shape index (κ3) is 2.58. The van der Waals surface area contributed by atoms with Gasteiger partial charge >= 0.3 is 0 Å². The van der Waals surface area contributed by atoms with E-state index in [0.717, 1.165) is 0 Å². The first kappa shape index (κ1) is 13.1. The van der Waals surface area contributed by atoms with Gasteiger partial charge in [-0.2, -0.15) is 0 Å². The van der Waals surface area contributed by atoms with Crippen LogP contribution in [0.15, 0.2) is 11.6 Å². The lowest BCUT2D eigenvalue weighted by Gasteiger charge is -2.44. The summed E-state index contributed by atoms with van der Waals surface area (Å²) < 4.78 is 0.